The molecule has 0 heterocycles. The number of aliphatic hydroxyl groups is 1. The summed E-state index contributed by atoms with van der Waals surface area (Å²) in [5.74, 6) is 0. The van der Waals surface area contributed by atoms with E-state index in [9.17, 15) is 0 Å². The lowest BCUT2D eigenvalue weighted by molar-refractivity contribution is 0.00665. The summed E-state index contributed by atoms with van der Waals surface area (Å²) >= 11 is 0. The van der Waals surface area contributed by atoms with Gasteiger partial charge in [0.05, 0.1) is 18.8 Å². The maximum atomic E-state index is 8.78. The normalized spacial score (nSPS) is 29.0. The Labute approximate surface area is 79.3 Å². The molecule has 3 nitrogen and oxygen atoms in total. The number of hydrogen-bond acceptors (Lipinski definition) is 3. The molecule has 0 aromatic rings. The molecule has 0 aromatic heterocycles. The first-order valence-corrected chi connectivity index (χ1v) is 4.64. The Hall–Kier alpha value is -0.380. The van der Waals surface area contributed by atoms with Crippen LogP contribution < -0.4 is 0 Å². The van der Waals surface area contributed by atoms with Gasteiger partial charge in [-0.25, -0.2) is 0 Å². The number of methoxy groups -OCH3 is 2. The van der Waals surface area contributed by atoms with Crippen molar-refractivity contribution in [3.05, 3.63) is 11.6 Å². The van der Waals surface area contributed by atoms with Crippen LogP contribution in [-0.2, 0) is 9.47 Å². The summed E-state index contributed by atoms with van der Waals surface area (Å²) in [6, 6.07) is 0. The number of hydrogen-bond donors (Lipinski definition) is 1. The molecular formula is C10H18O3. The fraction of sp³-hybridized carbons (Fsp3) is 0.800. The number of aliphatic hydroxyl groups excluding tert-OH is 1. The van der Waals surface area contributed by atoms with E-state index < -0.39 is 0 Å². The predicted octanol–water partition coefficient (Wildman–Crippen LogP) is 1.12. The van der Waals surface area contributed by atoms with Crippen molar-refractivity contribution in [3.63, 3.8) is 0 Å². The molecule has 76 valence electrons. The van der Waals surface area contributed by atoms with Crippen LogP contribution in [0.3, 0.4) is 0 Å². The molecule has 0 spiro atoms. The van der Waals surface area contributed by atoms with E-state index in [-0.39, 0.29) is 18.8 Å². The van der Waals surface area contributed by atoms with E-state index >= 15 is 0 Å². The van der Waals surface area contributed by atoms with Crippen LogP contribution in [0.1, 0.15) is 19.3 Å². The van der Waals surface area contributed by atoms with Crippen molar-refractivity contribution in [2.75, 3.05) is 20.8 Å². The summed E-state index contributed by atoms with van der Waals surface area (Å²) in [7, 11) is 3.44. The van der Waals surface area contributed by atoms with Crippen LogP contribution in [-0.4, -0.2) is 38.1 Å². The molecule has 0 radical (unpaired) electrons. The maximum absolute atomic E-state index is 8.78. The van der Waals surface area contributed by atoms with Gasteiger partial charge >= 0.3 is 0 Å². The first kappa shape index (κ1) is 10.7. The highest BCUT2D eigenvalue weighted by Gasteiger charge is 2.24. The number of rotatable bonds is 3. The highest BCUT2D eigenvalue weighted by atomic mass is 16.5. The molecule has 0 amide bonds. The zero-order valence-corrected chi connectivity index (χ0v) is 8.32. The molecule has 0 saturated heterocycles. The van der Waals surface area contributed by atoms with Crippen LogP contribution in [0.25, 0.3) is 0 Å². The molecule has 1 saturated carbocycles. The van der Waals surface area contributed by atoms with Gasteiger partial charge in [0.25, 0.3) is 0 Å². The lowest BCUT2D eigenvalue weighted by Gasteiger charge is -2.29. The Bertz CT molecular complexity index is 163. The van der Waals surface area contributed by atoms with Gasteiger partial charge in [-0.05, 0) is 12.8 Å². The average Bonchev–Trinajstić information content (AvgIpc) is 2.17. The fourth-order valence-corrected chi connectivity index (χ4v) is 1.78. The summed E-state index contributed by atoms with van der Waals surface area (Å²) in [5.41, 5.74) is 1.24. The third kappa shape index (κ3) is 3.10. The van der Waals surface area contributed by atoms with Crippen molar-refractivity contribution in [1.82, 2.24) is 0 Å². The van der Waals surface area contributed by atoms with Crippen LogP contribution >= 0.6 is 0 Å². The molecule has 2 atom stereocenters. The average molecular weight is 186 g/mol. The molecule has 1 aliphatic rings. The van der Waals surface area contributed by atoms with Gasteiger partial charge < -0.3 is 14.6 Å². The third-order valence-corrected chi connectivity index (χ3v) is 2.55. The smallest absolute Gasteiger partial charge is 0.0633 e. The van der Waals surface area contributed by atoms with E-state index in [0.29, 0.717) is 0 Å². The summed E-state index contributed by atoms with van der Waals surface area (Å²) in [5, 5.41) is 8.78. The second-order valence-electron chi connectivity index (χ2n) is 3.40. The maximum Gasteiger partial charge on any atom is 0.0633 e. The van der Waals surface area contributed by atoms with Gasteiger partial charge in [-0.15, -0.1) is 0 Å². The summed E-state index contributed by atoms with van der Waals surface area (Å²) in [6.45, 7) is 0.113. The van der Waals surface area contributed by atoms with Crippen LogP contribution in [0.5, 0.6) is 0 Å². The monoisotopic (exact) mass is 186 g/mol. The third-order valence-electron chi connectivity index (χ3n) is 2.55. The molecule has 1 fully saturated rings. The molecule has 0 unspecified atom stereocenters. The van der Waals surface area contributed by atoms with E-state index in [4.69, 9.17) is 14.6 Å². The first-order valence-electron chi connectivity index (χ1n) is 4.64. The Kier molecular flexibility index (Phi) is 4.42. The minimum absolute atomic E-state index is 0.113. The Morgan fingerprint density at radius 1 is 1.31 bits per heavy atom. The molecule has 1 N–H and O–H groups in total. The van der Waals surface area contributed by atoms with Gasteiger partial charge in [0.1, 0.15) is 0 Å². The molecule has 0 aliphatic heterocycles. The van der Waals surface area contributed by atoms with Crippen LogP contribution in [0.15, 0.2) is 11.6 Å². The minimum Gasteiger partial charge on any atom is -0.392 e. The first-order chi connectivity index (χ1) is 6.30. The van der Waals surface area contributed by atoms with Crippen LogP contribution in [0.4, 0.5) is 0 Å². The zero-order chi connectivity index (χ0) is 9.68. The molecule has 1 aliphatic carbocycles. The molecule has 0 bridgehead atoms. The largest absolute Gasteiger partial charge is 0.392 e. The zero-order valence-electron chi connectivity index (χ0n) is 8.32. The Morgan fingerprint density at radius 3 is 2.23 bits per heavy atom. The highest BCUT2D eigenvalue weighted by molar-refractivity contribution is 5.09. The molecular weight excluding hydrogens is 168 g/mol. The summed E-state index contributed by atoms with van der Waals surface area (Å²) in [4.78, 5) is 0. The number of ether oxygens (including phenoxy) is 2. The van der Waals surface area contributed by atoms with E-state index in [2.05, 4.69) is 0 Å². The van der Waals surface area contributed by atoms with E-state index in [1.54, 1.807) is 14.2 Å². The van der Waals surface area contributed by atoms with Crippen molar-refractivity contribution < 1.29 is 14.6 Å². The van der Waals surface area contributed by atoms with Crippen molar-refractivity contribution >= 4 is 0 Å². The van der Waals surface area contributed by atoms with Gasteiger partial charge in [-0.1, -0.05) is 11.6 Å². The van der Waals surface area contributed by atoms with Gasteiger partial charge in [-0.3, -0.25) is 0 Å². The highest BCUT2D eigenvalue weighted by Crippen LogP contribution is 2.27. The topological polar surface area (TPSA) is 38.7 Å². The summed E-state index contributed by atoms with van der Waals surface area (Å²) in [6.07, 6.45) is 5.16. The van der Waals surface area contributed by atoms with Gasteiger partial charge in [0, 0.05) is 20.6 Å². The van der Waals surface area contributed by atoms with Crippen molar-refractivity contribution in [1.29, 1.82) is 0 Å². The SMILES string of the molecule is CO[C@@H]1CC(=CCO)C[C@@H](OC)C1. The Morgan fingerprint density at radius 2 is 1.85 bits per heavy atom. The predicted molar refractivity (Wildman–Crippen MR) is 50.6 cm³/mol. The Balaban J connectivity index is 2.54. The van der Waals surface area contributed by atoms with E-state index in [1.165, 1.54) is 5.57 Å². The standard InChI is InChI=1S/C10H18O3/c1-12-9-5-8(3-4-11)6-10(7-9)13-2/h3,9-11H,4-7H2,1-2H3/t9-,10-/m1/s1. The molecule has 3 heteroatoms. The van der Waals surface area contributed by atoms with E-state index in [0.717, 1.165) is 19.3 Å². The molecule has 1 rings (SSSR count). The second-order valence-corrected chi connectivity index (χ2v) is 3.40. The van der Waals surface area contributed by atoms with E-state index in [1.807, 2.05) is 6.08 Å². The second kappa shape index (κ2) is 5.37. The molecule has 0 aromatic carbocycles. The minimum atomic E-state index is 0.113. The summed E-state index contributed by atoms with van der Waals surface area (Å²) < 4.78 is 10.6. The van der Waals surface area contributed by atoms with Crippen molar-refractivity contribution in [2.24, 2.45) is 0 Å². The quantitative estimate of drug-likeness (QED) is 0.671. The van der Waals surface area contributed by atoms with Gasteiger partial charge in [0.2, 0.25) is 0 Å². The lowest BCUT2D eigenvalue weighted by atomic mass is 9.90. The fourth-order valence-electron chi connectivity index (χ4n) is 1.78. The van der Waals surface area contributed by atoms with Crippen LogP contribution in [0.2, 0.25) is 0 Å². The molecule has 13 heavy (non-hydrogen) atoms. The van der Waals surface area contributed by atoms with Crippen LogP contribution in [0, 0.1) is 0 Å². The van der Waals surface area contributed by atoms with Gasteiger partial charge in [0.15, 0.2) is 0 Å². The van der Waals surface area contributed by atoms with Crippen molar-refractivity contribution in [2.45, 2.75) is 31.5 Å². The van der Waals surface area contributed by atoms with Crippen molar-refractivity contribution in [3.8, 4) is 0 Å². The van der Waals surface area contributed by atoms with Gasteiger partial charge in [-0.2, -0.15) is 0 Å². The lowest BCUT2D eigenvalue weighted by Crippen LogP contribution is -2.28.